The molecule has 8 heteroatoms. The van der Waals surface area contributed by atoms with Crippen LogP contribution >= 0.6 is 0 Å². The molecule has 28 heavy (non-hydrogen) atoms. The average Bonchev–Trinajstić information content (AvgIpc) is 2.69. The first-order valence-corrected chi connectivity index (χ1v) is 10.5. The van der Waals surface area contributed by atoms with Crippen LogP contribution in [0.1, 0.15) is 24.2 Å². The Bertz CT molecular complexity index is 879. The van der Waals surface area contributed by atoms with Gasteiger partial charge in [-0.1, -0.05) is 13.8 Å². The monoisotopic (exact) mass is 408 g/mol. The van der Waals surface area contributed by atoms with Crippen molar-refractivity contribution in [3.63, 3.8) is 0 Å². The first-order valence-electron chi connectivity index (χ1n) is 9.03. The minimum Gasteiger partial charge on any atom is -0.492 e. The Morgan fingerprint density at radius 2 is 1.57 bits per heavy atom. The van der Waals surface area contributed by atoms with E-state index in [-0.39, 0.29) is 23.2 Å². The Kier molecular flexibility index (Phi) is 7.53. The molecular formula is C20H25FN2O4S. The number of likely N-dealkylation sites (N-methyl/N-ethyl adjacent to an activating group) is 1. The highest BCUT2D eigenvalue weighted by Crippen LogP contribution is 2.17. The smallest absolute Gasteiger partial charge is 0.253 e. The van der Waals surface area contributed by atoms with Gasteiger partial charge in [0.2, 0.25) is 10.0 Å². The van der Waals surface area contributed by atoms with E-state index >= 15 is 0 Å². The standard InChI is InChI=1S/C20H25FN2O4S/c1-4-23(5-2)28(25,26)19-12-6-16(7-13-19)20(24)22(3)14-15-27-18-10-8-17(21)9-11-18/h6-13H,4-5,14-15H2,1-3H3. The van der Waals surface area contributed by atoms with Crippen LogP contribution in [0, 0.1) is 5.82 Å². The van der Waals surface area contributed by atoms with Gasteiger partial charge in [0, 0.05) is 25.7 Å². The highest BCUT2D eigenvalue weighted by atomic mass is 32.2. The summed E-state index contributed by atoms with van der Waals surface area (Å²) in [6.45, 7) is 4.91. The number of carbonyl (C=O) groups is 1. The van der Waals surface area contributed by atoms with Crippen molar-refractivity contribution in [1.82, 2.24) is 9.21 Å². The van der Waals surface area contributed by atoms with Crippen molar-refractivity contribution < 1.29 is 22.3 Å². The third-order valence-corrected chi connectivity index (χ3v) is 6.36. The van der Waals surface area contributed by atoms with Gasteiger partial charge < -0.3 is 9.64 Å². The molecule has 0 aliphatic carbocycles. The van der Waals surface area contributed by atoms with Gasteiger partial charge in [0.05, 0.1) is 11.4 Å². The molecule has 0 unspecified atom stereocenters. The fraction of sp³-hybridized carbons (Fsp3) is 0.350. The van der Waals surface area contributed by atoms with Crippen LogP contribution in [0.15, 0.2) is 53.4 Å². The maximum atomic E-state index is 12.9. The molecule has 0 saturated heterocycles. The van der Waals surface area contributed by atoms with Gasteiger partial charge in [-0.05, 0) is 48.5 Å². The maximum Gasteiger partial charge on any atom is 0.253 e. The van der Waals surface area contributed by atoms with Crippen molar-refractivity contribution in [2.45, 2.75) is 18.7 Å². The quantitative estimate of drug-likeness (QED) is 0.640. The molecule has 2 rings (SSSR count). The third kappa shape index (κ3) is 5.30. The lowest BCUT2D eigenvalue weighted by Crippen LogP contribution is -2.31. The van der Waals surface area contributed by atoms with E-state index in [1.54, 1.807) is 20.9 Å². The number of sulfonamides is 1. The van der Waals surface area contributed by atoms with Crippen molar-refractivity contribution in [2.75, 3.05) is 33.3 Å². The Hall–Kier alpha value is -2.45. The number of carbonyl (C=O) groups excluding carboxylic acids is 1. The lowest BCUT2D eigenvalue weighted by atomic mass is 10.2. The Labute approximate surface area is 165 Å². The van der Waals surface area contributed by atoms with E-state index in [0.717, 1.165) is 0 Å². The Balaban J connectivity index is 1.97. The molecule has 0 aliphatic rings. The topological polar surface area (TPSA) is 66.9 Å². The molecule has 6 nitrogen and oxygen atoms in total. The summed E-state index contributed by atoms with van der Waals surface area (Å²) in [6, 6.07) is 11.6. The second-order valence-corrected chi connectivity index (χ2v) is 8.08. The van der Waals surface area contributed by atoms with Crippen molar-refractivity contribution in [3.05, 3.63) is 59.9 Å². The predicted octanol–water partition coefficient (Wildman–Crippen LogP) is 3.01. The first-order chi connectivity index (χ1) is 13.3. The summed E-state index contributed by atoms with van der Waals surface area (Å²) < 4.78 is 44.7. The van der Waals surface area contributed by atoms with E-state index in [1.807, 2.05) is 0 Å². The molecule has 0 N–H and O–H groups in total. The molecule has 0 aliphatic heterocycles. The van der Waals surface area contributed by atoms with Gasteiger partial charge in [-0.25, -0.2) is 12.8 Å². The van der Waals surface area contributed by atoms with Gasteiger partial charge in [0.15, 0.2) is 0 Å². The van der Waals surface area contributed by atoms with Crippen LogP contribution in [-0.4, -0.2) is 56.8 Å². The number of nitrogens with zero attached hydrogens (tertiary/aromatic N) is 2. The molecule has 1 amide bonds. The summed E-state index contributed by atoms with van der Waals surface area (Å²) in [5.41, 5.74) is 0.391. The molecule has 0 fully saturated rings. The minimum atomic E-state index is -3.55. The molecule has 152 valence electrons. The Morgan fingerprint density at radius 1 is 1.00 bits per heavy atom. The molecule has 0 bridgehead atoms. The predicted molar refractivity (Wildman–Crippen MR) is 105 cm³/mol. The summed E-state index contributed by atoms with van der Waals surface area (Å²) in [5, 5.41) is 0. The van der Waals surface area contributed by atoms with Gasteiger partial charge in [-0.2, -0.15) is 4.31 Å². The maximum absolute atomic E-state index is 12.9. The molecule has 2 aromatic rings. The highest BCUT2D eigenvalue weighted by molar-refractivity contribution is 7.89. The van der Waals surface area contributed by atoms with E-state index < -0.39 is 10.0 Å². The van der Waals surface area contributed by atoms with Crippen LogP contribution in [0.3, 0.4) is 0 Å². The fourth-order valence-electron chi connectivity index (χ4n) is 2.64. The zero-order valence-corrected chi connectivity index (χ0v) is 17.1. The number of halogens is 1. The van der Waals surface area contributed by atoms with E-state index in [9.17, 15) is 17.6 Å². The molecule has 0 radical (unpaired) electrons. The zero-order chi connectivity index (χ0) is 20.7. The second kappa shape index (κ2) is 9.66. The third-order valence-electron chi connectivity index (χ3n) is 4.30. The lowest BCUT2D eigenvalue weighted by molar-refractivity contribution is 0.0773. The number of hydrogen-bond acceptors (Lipinski definition) is 4. The van der Waals surface area contributed by atoms with Gasteiger partial charge in [-0.15, -0.1) is 0 Å². The van der Waals surface area contributed by atoms with Crippen LogP contribution < -0.4 is 4.74 Å². The summed E-state index contributed by atoms with van der Waals surface area (Å²) in [4.78, 5) is 14.1. The first kappa shape index (κ1) is 21.8. The molecule has 0 spiro atoms. The molecule has 2 aromatic carbocycles. The van der Waals surface area contributed by atoms with Gasteiger partial charge >= 0.3 is 0 Å². The largest absolute Gasteiger partial charge is 0.492 e. The summed E-state index contributed by atoms with van der Waals surface area (Å²) in [7, 11) is -1.91. The second-order valence-electron chi connectivity index (χ2n) is 6.14. The molecule has 0 heterocycles. The van der Waals surface area contributed by atoms with Crippen LogP contribution in [-0.2, 0) is 10.0 Å². The van der Waals surface area contributed by atoms with Gasteiger partial charge in [-0.3, -0.25) is 4.79 Å². The van der Waals surface area contributed by atoms with Crippen molar-refractivity contribution >= 4 is 15.9 Å². The van der Waals surface area contributed by atoms with Crippen molar-refractivity contribution in [3.8, 4) is 5.75 Å². The summed E-state index contributed by atoms with van der Waals surface area (Å²) in [5.74, 6) is -0.0613. The SMILES string of the molecule is CCN(CC)S(=O)(=O)c1ccc(C(=O)N(C)CCOc2ccc(F)cc2)cc1. The number of amides is 1. The zero-order valence-electron chi connectivity index (χ0n) is 16.3. The van der Waals surface area contributed by atoms with Crippen molar-refractivity contribution in [2.24, 2.45) is 0 Å². The van der Waals surface area contributed by atoms with Gasteiger partial charge in [0.1, 0.15) is 18.2 Å². The number of hydrogen-bond donors (Lipinski definition) is 0. The minimum absolute atomic E-state index is 0.162. The van der Waals surface area contributed by atoms with E-state index in [1.165, 1.54) is 57.7 Å². The molecular weight excluding hydrogens is 383 g/mol. The van der Waals surface area contributed by atoms with Crippen LogP contribution in [0.2, 0.25) is 0 Å². The number of benzene rings is 2. The molecule has 0 aromatic heterocycles. The van der Waals surface area contributed by atoms with Gasteiger partial charge in [0.25, 0.3) is 5.91 Å². The van der Waals surface area contributed by atoms with E-state index in [4.69, 9.17) is 4.74 Å². The summed E-state index contributed by atoms with van der Waals surface area (Å²) >= 11 is 0. The van der Waals surface area contributed by atoms with Crippen LogP contribution in [0.5, 0.6) is 5.75 Å². The molecule has 0 atom stereocenters. The van der Waals surface area contributed by atoms with Crippen LogP contribution in [0.4, 0.5) is 4.39 Å². The molecule has 0 saturated carbocycles. The number of rotatable bonds is 9. The highest BCUT2D eigenvalue weighted by Gasteiger charge is 2.22. The normalized spacial score (nSPS) is 11.5. The number of ether oxygens (including phenoxy) is 1. The fourth-order valence-corrected chi connectivity index (χ4v) is 4.09. The van der Waals surface area contributed by atoms with Crippen molar-refractivity contribution in [1.29, 1.82) is 0 Å². The average molecular weight is 408 g/mol. The van der Waals surface area contributed by atoms with Crippen LogP contribution in [0.25, 0.3) is 0 Å². The lowest BCUT2D eigenvalue weighted by Gasteiger charge is -2.19. The van der Waals surface area contributed by atoms with E-state index in [2.05, 4.69) is 0 Å². The Morgan fingerprint density at radius 3 is 2.11 bits per heavy atom. The summed E-state index contributed by atoms with van der Waals surface area (Å²) in [6.07, 6.45) is 0. The van der Waals surface area contributed by atoms with E-state index in [0.29, 0.717) is 30.9 Å².